The molecule has 0 radical (unpaired) electrons. The van der Waals surface area contributed by atoms with Crippen LogP contribution in [0.25, 0.3) is 0 Å². The van der Waals surface area contributed by atoms with Gasteiger partial charge in [-0.1, -0.05) is 12.1 Å². The summed E-state index contributed by atoms with van der Waals surface area (Å²) in [6, 6.07) is 5.95. The number of hydrogen-bond donors (Lipinski definition) is 1. The highest BCUT2D eigenvalue weighted by atomic mass is 16.5. The number of rotatable bonds is 5. The molecule has 0 aromatic carbocycles. The Labute approximate surface area is 88.3 Å². The molecule has 0 saturated heterocycles. The lowest BCUT2D eigenvalue weighted by Gasteiger charge is -2.12. The highest BCUT2D eigenvalue weighted by Gasteiger charge is 2.11. The van der Waals surface area contributed by atoms with Crippen LogP contribution in [0.5, 0.6) is 0 Å². The van der Waals surface area contributed by atoms with Crippen molar-refractivity contribution in [3.05, 3.63) is 42.2 Å². The molecular weight excluding hydrogens is 192 g/mol. The van der Waals surface area contributed by atoms with E-state index in [2.05, 4.69) is 17.4 Å². The molecule has 0 aliphatic carbocycles. The largest absolute Gasteiger partial charge is 0.468 e. The summed E-state index contributed by atoms with van der Waals surface area (Å²) in [6.45, 7) is 2.78. The Balaban J connectivity index is 1.92. The molecule has 1 unspecified atom stereocenters. The van der Waals surface area contributed by atoms with Crippen molar-refractivity contribution in [1.29, 1.82) is 0 Å². The van der Waals surface area contributed by atoms with Gasteiger partial charge in [-0.2, -0.15) is 0 Å². The summed E-state index contributed by atoms with van der Waals surface area (Å²) in [7, 11) is 0. The number of furan rings is 1. The van der Waals surface area contributed by atoms with Crippen LogP contribution in [0, 0.1) is 0 Å². The van der Waals surface area contributed by atoms with Gasteiger partial charge in [-0.15, -0.1) is 0 Å². The molecule has 0 fully saturated rings. The first-order chi connectivity index (χ1) is 7.40. The topological polar surface area (TPSA) is 51.2 Å². The third-order valence-electron chi connectivity index (χ3n) is 2.31. The van der Waals surface area contributed by atoms with Crippen molar-refractivity contribution in [2.24, 2.45) is 0 Å². The summed E-state index contributed by atoms with van der Waals surface area (Å²) in [4.78, 5) is 0. The minimum absolute atomic E-state index is 0.227. The molecule has 15 heavy (non-hydrogen) atoms. The number of nitrogens with one attached hydrogen (secondary N) is 1. The van der Waals surface area contributed by atoms with E-state index in [-0.39, 0.29) is 6.04 Å². The van der Waals surface area contributed by atoms with E-state index >= 15 is 0 Å². The molecule has 0 bridgehead atoms. The Morgan fingerprint density at radius 3 is 3.00 bits per heavy atom. The molecule has 4 nitrogen and oxygen atoms in total. The number of nitrogens with zero attached hydrogens (tertiary/aromatic N) is 1. The molecule has 0 amide bonds. The van der Waals surface area contributed by atoms with Crippen LogP contribution < -0.4 is 5.32 Å². The van der Waals surface area contributed by atoms with Gasteiger partial charge >= 0.3 is 0 Å². The van der Waals surface area contributed by atoms with Gasteiger partial charge in [0.15, 0.2) is 0 Å². The minimum atomic E-state index is 0.227. The lowest BCUT2D eigenvalue weighted by atomic mass is 10.1. The first-order valence-electron chi connectivity index (χ1n) is 5.06. The molecule has 1 atom stereocenters. The number of hydrogen-bond acceptors (Lipinski definition) is 4. The van der Waals surface area contributed by atoms with E-state index in [4.69, 9.17) is 8.94 Å². The molecule has 2 aromatic heterocycles. The SMILES string of the molecule is CCC(NCc1ccno1)c1ccco1. The summed E-state index contributed by atoms with van der Waals surface area (Å²) in [6.07, 6.45) is 4.31. The van der Waals surface area contributed by atoms with Gasteiger partial charge in [-0.05, 0) is 18.6 Å². The van der Waals surface area contributed by atoms with Gasteiger partial charge in [0, 0.05) is 6.07 Å². The summed E-state index contributed by atoms with van der Waals surface area (Å²) in [5.41, 5.74) is 0. The van der Waals surface area contributed by atoms with Crippen molar-refractivity contribution in [3.63, 3.8) is 0 Å². The maximum absolute atomic E-state index is 5.35. The van der Waals surface area contributed by atoms with Gasteiger partial charge in [0.25, 0.3) is 0 Å². The lowest BCUT2D eigenvalue weighted by Crippen LogP contribution is -2.19. The average Bonchev–Trinajstić information content (AvgIpc) is 2.90. The standard InChI is InChI=1S/C11H14N2O2/c1-2-10(11-4-3-7-14-11)12-8-9-5-6-13-15-9/h3-7,10,12H,2,8H2,1H3. The van der Waals surface area contributed by atoms with E-state index in [9.17, 15) is 0 Å². The van der Waals surface area contributed by atoms with Crippen molar-refractivity contribution >= 4 is 0 Å². The van der Waals surface area contributed by atoms with Crippen LogP contribution in [0.2, 0.25) is 0 Å². The van der Waals surface area contributed by atoms with E-state index in [1.165, 1.54) is 0 Å². The fraction of sp³-hybridized carbons (Fsp3) is 0.364. The third kappa shape index (κ3) is 2.47. The normalized spacial score (nSPS) is 12.9. The summed E-state index contributed by atoms with van der Waals surface area (Å²) < 4.78 is 10.4. The van der Waals surface area contributed by atoms with E-state index < -0.39 is 0 Å². The first kappa shape index (κ1) is 9.98. The maximum atomic E-state index is 5.35. The molecule has 0 spiro atoms. The molecule has 0 aliphatic rings. The molecule has 2 aromatic rings. The second-order valence-electron chi connectivity index (χ2n) is 3.34. The van der Waals surface area contributed by atoms with Crippen LogP contribution in [0.1, 0.15) is 30.9 Å². The van der Waals surface area contributed by atoms with E-state index in [1.807, 2.05) is 18.2 Å². The zero-order valence-electron chi connectivity index (χ0n) is 8.64. The van der Waals surface area contributed by atoms with Gasteiger partial charge in [0.05, 0.1) is 25.0 Å². The Bertz CT molecular complexity index is 367. The monoisotopic (exact) mass is 206 g/mol. The zero-order valence-corrected chi connectivity index (χ0v) is 8.64. The molecule has 80 valence electrons. The van der Waals surface area contributed by atoms with Crippen molar-refractivity contribution in [2.75, 3.05) is 0 Å². The van der Waals surface area contributed by atoms with Crippen molar-refractivity contribution in [3.8, 4) is 0 Å². The molecular formula is C11H14N2O2. The Morgan fingerprint density at radius 1 is 1.47 bits per heavy atom. The first-order valence-corrected chi connectivity index (χ1v) is 5.06. The predicted molar refractivity (Wildman–Crippen MR) is 55.1 cm³/mol. The van der Waals surface area contributed by atoms with Crippen molar-refractivity contribution in [2.45, 2.75) is 25.9 Å². The Morgan fingerprint density at radius 2 is 2.40 bits per heavy atom. The second kappa shape index (κ2) is 4.79. The van der Waals surface area contributed by atoms with E-state index in [0.717, 1.165) is 17.9 Å². The quantitative estimate of drug-likeness (QED) is 0.816. The molecule has 4 heteroatoms. The summed E-state index contributed by atoms with van der Waals surface area (Å²) >= 11 is 0. The summed E-state index contributed by atoms with van der Waals surface area (Å²) in [5.74, 6) is 1.79. The zero-order chi connectivity index (χ0) is 10.5. The predicted octanol–water partition coefficient (Wildman–Crippen LogP) is 2.51. The van der Waals surface area contributed by atoms with Gasteiger partial charge in [-0.25, -0.2) is 0 Å². The Kier molecular flexibility index (Phi) is 3.19. The molecule has 2 heterocycles. The molecule has 2 rings (SSSR count). The smallest absolute Gasteiger partial charge is 0.150 e. The van der Waals surface area contributed by atoms with Gasteiger partial charge in [-0.3, -0.25) is 0 Å². The van der Waals surface area contributed by atoms with Gasteiger partial charge in [0.1, 0.15) is 11.5 Å². The highest BCUT2D eigenvalue weighted by molar-refractivity contribution is 5.04. The third-order valence-corrected chi connectivity index (χ3v) is 2.31. The molecule has 0 aliphatic heterocycles. The van der Waals surface area contributed by atoms with Crippen LogP contribution >= 0.6 is 0 Å². The van der Waals surface area contributed by atoms with Crippen LogP contribution in [0.4, 0.5) is 0 Å². The fourth-order valence-corrected chi connectivity index (χ4v) is 1.49. The molecule has 1 N–H and O–H groups in total. The van der Waals surface area contributed by atoms with E-state index in [0.29, 0.717) is 6.54 Å². The maximum Gasteiger partial charge on any atom is 0.150 e. The molecule has 0 saturated carbocycles. The fourth-order valence-electron chi connectivity index (χ4n) is 1.49. The van der Waals surface area contributed by atoms with Crippen LogP contribution in [0.3, 0.4) is 0 Å². The Hall–Kier alpha value is -1.55. The second-order valence-corrected chi connectivity index (χ2v) is 3.34. The highest BCUT2D eigenvalue weighted by Crippen LogP contribution is 2.17. The average molecular weight is 206 g/mol. The lowest BCUT2D eigenvalue weighted by molar-refractivity contribution is 0.346. The van der Waals surface area contributed by atoms with Crippen molar-refractivity contribution in [1.82, 2.24) is 10.5 Å². The van der Waals surface area contributed by atoms with Crippen molar-refractivity contribution < 1.29 is 8.94 Å². The summed E-state index contributed by atoms with van der Waals surface area (Å²) in [5, 5.41) is 7.00. The van der Waals surface area contributed by atoms with E-state index in [1.54, 1.807) is 12.5 Å². The van der Waals surface area contributed by atoms with Crippen LogP contribution in [-0.4, -0.2) is 5.16 Å². The van der Waals surface area contributed by atoms with Gasteiger partial charge in [0.2, 0.25) is 0 Å². The van der Waals surface area contributed by atoms with Gasteiger partial charge < -0.3 is 14.3 Å². The minimum Gasteiger partial charge on any atom is -0.468 e. The van der Waals surface area contributed by atoms with Crippen LogP contribution in [-0.2, 0) is 6.54 Å². The number of aromatic nitrogens is 1. The van der Waals surface area contributed by atoms with Crippen LogP contribution in [0.15, 0.2) is 39.6 Å².